The third kappa shape index (κ3) is 3.48. The highest BCUT2D eigenvalue weighted by Gasteiger charge is 2.17. The van der Waals surface area contributed by atoms with Crippen LogP contribution in [0.3, 0.4) is 0 Å². The molecule has 0 aromatic rings. The SMILES string of the molecule is C#CC(=O)OC(=O)NC1CCCCC1. The first-order valence-corrected chi connectivity index (χ1v) is 4.71. The van der Waals surface area contributed by atoms with Crippen LogP contribution in [0.5, 0.6) is 0 Å². The van der Waals surface area contributed by atoms with Crippen molar-refractivity contribution in [2.75, 3.05) is 0 Å². The van der Waals surface area contributed by atoms with E-state index >= 15 is 0 Å². The Labute approximate surface area is 83.0 Å². The van der Waals surface area contributed by atoms with Crippen LogP contribution in [-0.4, -0.2) is 18.1 Å². The molecule has 1 amide bonds. The van der Waals surface area contributed by atoms with Crippen LogP contribution in [-0.2, 0) is 9.53 Å². The van der Waals surface area contributed by atoms with E-state index in [1.165, 1.54) is 6.42 Å². The summed E-state index contributed by atoms with van der Waals surface area (Å²) in [7, 11) is 0. The van der Waals surface area contributed by atoms with Crippen molar-refractivity contribution < 1.29 is 14.3 Å². The minimum atomic E-state index is -0.946. The molecule has 0 aromatic heterocycles. The van der Waals surface area contributed by atoms with E-state index in [4.69, 9.17) is 6.42 Å². The van der Waals surface area contributed by atoms with Crippen molar-refractivity contribution in [2.24, 2.45) is 0 Å². The number of amides is 1. The Kier molecular flexibility index (Phi) is 3.99. The fourth-order valence-electron chi connectivity index (χ4n) is 1.56. The molecule has 1 N–H and O–H groups in total. The number of terminal acetylenes is 1. The largest absolute Gasteiger partial charge is 0.415 e. The van der Waals surface area contributed by atoms with Gasteiger partial charge in [-0.2, -0.15) is 0 Å². The van der Waals surface area contributed by atoms with Gasteiger partial charge in [-0.05, 0) is 12.8 Å². The summed E-state index contributed by atoms with van der Waals surface area (Å²) in [6.45, 7) is 0. The molecule has 1 fully saturated rings. The zero-order chi connectivity index (χ0) is 10.4. The first-order chi connectivity index (χ1) is 6.72. The molecule has 0 unspecified atom stereocenters. The minimum Gasteiger partial charge on any atom is -0.366 e. The maximum Gasteiger partial charge on any atom is 0.415 e. The molecule has 4 heteroatoms. The lowest BCUT2D eigenvalue weighted by Gasteiger charge is -2.21. The molecule has 1 rings (SSSR count). The smallest absolute Gasteiger partial charge is 0.366 e. The van der Waals surface area contributed by atoms with Gasteiger partial charge < -0.3 is 10.1 Å². The average Bonchev–Trinajstić information content (AvgIpc) is 2.19. The lowest BCUT2D eigenvalue weighted by atomic mass is 9.96. The first-order valence-electron chi connectivity index (χ1n) is 4.71. The van der Waals surface area contributed by atoms with Gasteiger partial charge in [-0.3, -0.25) is 0 Å². The van der Waals surface area contributed by atoms with Gasteiger partial charge >= 0.3 is 12.1 Å². The predicted molar refractivity (Wildman–Crippen MR) is 50.3 cm³/mol. The van der Waals surface area contributed by atoms with Gasteiger partial charge in [-0.1, -0.05) is 19.3 Å². The molecule has 0 aromatic carbocycles. The van der Waals surface area contributed by atoms with Gasteiger partial charge in [0.25, 0.3) is 0 Å². The molecule has 0 heterocycles. The number of alkyl carbamates (subject to hydrolysis) is 1. The summed E-state index contributed by atoms with van der Waals surface area (Å²) in [5, 5.41) is 2.61. The quantitative estimate of drug-likeness (QED) is 0.296. The van der Waals surface area contributed by atoms with E-state index in [2.05, 4.69) is 10.1 Å². The zero-order valence-corrected chi connectivity index (χ0v) is 7.91. The molecule has 14 heavy (non-hydrogen) atoms. The van der Waals surface area contributed by atoms with Gasteiger partial charge in [0.05, 0.1) is 0 Å². The molecule has 4 nitrogen and oxygen atoms in total. The third-order valence-corrected chi connectivity index (χ3v) is 2.23. The molecule has 0 spiro atoms. The maximum atomic E-state index is 11.0. The summed E-state index contributed by atoms with van der Waals surface area (Å²) in [4.78, 5) is 21.6. The van der Waals surface area contributed by atoms with Gasteiger partial charge in [0.2, 0.25) is 0 Å². The molecule has 0 atom stereocenters. The molecule has 76 valence electrons. The molecular weight excluding hydrogens is 182 g/mol. The van der Waals surface area contributed by atoms with Gasteiger partial charge in [0.15, 0.2) is 0 Å². The third-order valence-electron chi connectivity index (χ3n) is 2.23. The highest BCUT2D eigenvalue weighted by Crippen LogP contribution is 2.17. The van der Waals surface area contributed by atoms with E-state index in [0.29, 0.717) is 0 Å². The Bertz CT molecular complexity index is 261. The topological polar surface area (TPSA) is 55.4 Å². The summed E-state index contributed by atoms with van der Waals surface area (Å²) < 4.78 is 4.28. The fraction of sp³-hybridized carbons (Fsp3) is 0.600. The monoisotopic (exact) mass is 195 g/mol. The van der Waals surface area contributed by atoms with Gasteiger partial charge in [0.1, 0.15) is 0 Å². The van der Waals surface area contributed by atoms with Crippen molar-refractivity contribution in [2.45, 2.75) is 38.1 Å². The van der Waals surface area contributed by atoms with Crippen LogP contribution in [0.1, 0.15) is 32.1 Å². The van der Waals surface area contributed by atoms with E-state index in [0.717, 1.165) is 25.7 Å². The Hall–Kier alpha value is -1.50. The fourth-order valence-corrected chi connectivity index (χ4v) is 1.56. The summed E-state index contributed by atoms with van der Waals surface area (Å²) in [6.07, 6.45) is 9.32. The second kappa shape index (κ2) is 5.28. The number of hydrogen-bond donors (Lipinski definition) is 1. The predicted octanol–water partition coefficient (Wildman–Crippen LogP) is 1.21. The zero-order valence-electron chi connectivity index (χ0n) is 7.91. The molecular formula is C10H13NO3. The number of rotatable bonds is 1. The van der Waals surface area contributed by atoms with Gasteiger partial charge in [0, 0.05) is 12.0 Å². The van der Waals surface area contributed by atoms with Gasteiger partial charge in [-0.25, -0.2) is 9.59 Å². The van der Waals surface area contributed by atoms with E-state index in [1.807, 2.05) is 0 Å². The molecule has 1 saturated carbocycles. The molecule has 1 aliphatic carbocycles. The molecule has 1 aliphatic rings. The normalized spacial score (nSPS) is 16.8. The van der Waals surface area contributed by atoms with Crippen molar-refractivity contribution in [1.29, 1.82) is 0 Å². The maximum absolute atomic E-state index is 11.0. The lowest BCUT2D eigenvalue weighted by Crippen LogP contribution is -2.37. The number of nitrogens with one attached hydrogen (secondary N) is 1. The van der Waals surface area contributed by atoms with E-state index in [-0.39, 0.29) is 6.04 Å². The van der Waals surface area contributed by atoms with E-state index in [1.54, 1.807) is 5.92 Å². The van der Waals surface area contributed by atoms with Crippen molar-refractivity contribution in [1.82, 2.24) is 5.32 Å². The van der Waals surface area contributed by atoms with Crippen molar-refractivity contribution in [3.05, 3.63) is 0 Å². The number of esters is 1. The van der Waals surface area contributed by atoms with Crippen molar-refractivity contribution in [3.63, 3.8) is 0 Å². The summed E-state index contributed by atoms with van der Waals surface area (Å²) in [5.74, 6) is 0.765. The second-order valence-electron chi connectivity index (χ2n) is 3.30. The van der Waals surface area contributed by atoms with Crippen LogP contribution in [0.15, 0.2) is 0 Å². The lowest BCUT2D eigenvalue weighted by molar-refractivity contribution is -0.130. The molecule has 0 bridgehead atoms. The van der Waals surface area contributed by atoms with Crippen LogP contribution < -0.4 is 5.32 Å². The Balaban J connectivity index is 2.26. The Morgan fingerprint density at radius 2 is 1.93 bits per heavy atom. The van der Waals surface area contributed by atoms with E-state index in [9.17, 15) is 9.59 Å². The molecule has 0 saturated heterocycles. The van der Waals surface area contributed by atoms with Crippen LogP contribution in [0, 0.1) is 12.3 Å². The number of ether oxygens (including phenoxy) is 1. The first kappa shape index (κ1) is 10.6. The van der Waals surface area contributed by atoms with Crippen LogP contribution >= 0.6 is 0 Å². The number of hydrogen-bond acceptors (Lipinski definition) is 3. The van der Waals surface area contributed by atoms with Gasteiger partial charge in [-0.15, -0.1) is 6.42 Å². The van der Waals surface area contributed by atoms with Crippen LogP contribution in [0.25, 0.3) is 0 Å². The molecule has 0 radical (unpaired) electrons. The Morgan fingerprint density at radius 1 is 1.29 bits per heavy atom. The molecule has 0 aliphatic heterocycles. The van der Waals surface area contributed by atoms with E-state index < -0.39 is 12.1 Å². The highest BCUT2D eigenvalue weighted by atomic mass is 16.6. The summed E-state index contributed by atoms with van der Waals surface area (Å²) in [5.41, 5.74) is 0. The summed E-state index contributed by atoms with van der Waals surface area (Å²) in [6, 6.07) is 0.127. The van der Waals surface area contributed by atoms with Crippen LogP contribution in [0.4, 0.5) is 4.79 Å². The van der Waals surface area contributed by atoms with Crippen molar-refractivity contribution >= 4 is 12.1 Å². The second-order valence-corrected chi connectivity index (χ2v) is 3.30. The van der Waals surface area contributed by atoms with Crippen molar-refractivity contribution in [3.8, 4) is 12.3 Å². The standard InChI is InChI=1S/C10H13NO3/c1-2-9(12)14-10(13)11-8-6-4-3-5-7-8/h1,8H,3-7H2,(H,11,13). The Morgan fingerprint density at radius 3 is 2.50 bits per heavy atom. The average molecular weight is 195 g/mol. The van der Waals surface area contributed by atoms with Crippen LogP contribution in [0.2, 0.25) is 0 Å². The minimum absolute atomic E-state index is 0.127. The summed E-state index contributed by atoms with van der Waals surface area (Å²) >= 11 is 0. The highest BCUT2D eigenvalue weighted by molar-refractivity contribution is 5.95. The number of carbonyl (C=O) groups excluding carboxylic acids is 2. The number of carbonyl (C=O) groups is 2.